The molecule has 2 aromatic heterocycles. The van der Waals surface area contributed by atoms with Crippen molar-refractivity contribution in [2.45, 2.75) is 18.0 Å². The molecule has 0 aliphatic carbocycles. The molecule has 0 unspecified atom stereocenters. The van der Waals surface area contributed by atoms with Crippen molar-refractivity contribution in [3.8, 4) is 0 Å². The van der Waals surface area contributed by atoms with E-state index in [1.54, 1.807) is 18.0 Å². The number of H-pyrrole nitrogens is 1. The summed E-state index contributed by atoms with van der Waals surface area (Å²) in [5.41, 5.74) is 1.67. The predicted octanol–water partition coefficient (Wildman–Crippen LogP) is 2.58. The van der Waals surface area contributed by atoms with Crippen LogP contribution < -0.4 is 5.56 Å². The zero-order chi connectivity index (χ0) is 16.2. The Hall–Kier alpha value is -2.05. The number of nitrogens with zero attached hydrogens (tertiary/aromatic N) is 3. The highest BCUT2D eigenvalue weighted by molar-refractivity contribution is 7.98. The molecule has 23 heavy (non-hydrogen) atoms. The highest BCUT2D eigenvalue weighted by atomic mass is 32.2. The van der Waals surface area contributed by atoms with Crippen LogP contribution in [0, 0.1) is 0 Å². The highest BCUT2D eigenvalue weighted by Crippen LogP contribution is 2.20. The van der Waals surface area contributed by atoms with Crippen molar-refractivity contribution in [2.75, 3.05) is 19.8 Å². The van der Waals surface area contributed by atoms with Gasteiger partial charge in [0.2, 0.25) is 0 Å². The maximum Gasteiger partial charge on any atom is 0.252 e. The molecule has 0 aliphatic rings. The third kappa shape index (κ3) is 3.83. The minimum absolute atomic E-state index is 0.0123. The summed E-state index contributed by atoms with van der Waals surface area (Å²) in [6, 6.07) is 10.1. The van der Waals surface area contributed by atoms with E-state index in [0.717, 1.165) is 34.5 Å². The maximum absolute atomic E-state index is 12.3. The summed E-state index contributed by atoms with van der Waals surface area (Å²) in [5.74, 6) is 0. The first-order chi connectivity index (χ1) is 11.2. The van der Waals surface area contributed by atoms with E-state index in [4.69, 9.17) is 0 Å². The molecule has 0 aliphatic heterocycles. The first kappa shape index (κ1) is 15.8. The first-order valence-corrected chi connectivity index (χ1v) is 8.74. The van der Waals surface area contributed by atoms with Crippen LogP contribution in [-0.4, -0.2) is 39.5 Å². The zero-order valence-corrected chi connectivity index (χ0v) is 14.1. The third-order valence-corrected chi connectivity index (χ3v) is 4.57. The van der Waals surface area contributed by atoms with Gasteiger partial charge in [-0.3, -0.25) is 9.48 Å². The highest BCUT2D eigenvalue weighted by Gasteiger charge is 2.07. The Morgan fingerprint density at radius 2 is 2.22 bits per heavy atom. The molecule has 0 bridgehead atoms. The average molecular weight is 328 g/mol. The molecule has 120 valence electrons. The molecule has 0 saturated heterocycles. The van der Waals surface area contributed by atoms with Crippen LogP contribution in [0.25, 0.3) is 10.9 Å². The van der Waals surface area contributed by atoms with Gasteiger partial charge in [0.1, 0.15) is 0 Å². The molecular formula is C17H20N4OS. The van der Waals surface area contributed by atoms with E-state index < -0.39 is 0 Å². The van der Waals surface area contributed by atoms with E-state index in [1.807, 2.05) is 42.4 Å². The normalized spacial score (nSPS) is 11.4. The van der Waals surface area contributed by atoms with Crippen LogP contribution in [0.15, 0.2) is 52.4 Å². The summed E-state index contributed by atoms with van der Waals surface area (Å²) in [4.78, 5) is 18.6. The van der Waals surface area contributed by atoms with Crippen molar-refractivity contribution in [3.63, 3.8) is 0 Å². The van der Waals surface area contributed by atoms with E-state index >= 15 is 0 Å². The number of likely N-dealkylation sites (N-methyl/N-ethyl adjacent to an activating group) is 1. The van der Waals surface area contributed by atoms with Gasteiger partial charge < -0.3 is 9.88 Å². The lowest BCUT2D eigenvalue weighted by Gasteiger charge is -2.16. The molecule has 0 fully saturated rings. The van der Waals surface area contributed by atoms with Crippen LogP contribution in [0.1, 0.15) is 5.56 Å². The van der Waals surface area contributed by atoms with Crippen molar-refractivity contribution in [3.05, 3.63) is 58.6 Å². The van der Waals surface area contributed by atoms with Crippen LogP contribution in [0.2, 0.25) is 0 Å². The van der Waals surface area contributed by atoms with Crippen LogP contribution >= 0.6 is 11.8 Å². The number of rotatable bonds is 6. The summed E-state index contributed by atoms with van der Waals surface area (Å²) in [7, 11) is 2.02. The van der Waals surface area contributed by atoms with E-state index in [2.05, 4.69) is 27.1 Å². The summed E-state index contributed by atoms with van der Waals surface area (Å²) < 4.78 is 1.89. The Morgan fingerprint density at radius 1 is 1.35 bits per heavy atom. The molecule has 1 N–H and O–H groups in total. The number of aromatic amines is 1. The van der Waals surface area contributed by atoms with Crippen molar-refractivity contribution >= 4 is 22.7 Å². The van der Waals surface area contributed by atoms with Gasteiger partial charge in [0, 0.05) is 41.5 Å². The lowest BCUT2D eigenvalue weighted by molar-refractivity contribution is 0.304. The van der Waals surface area contributed by atoms with Crippen LogP contribution in [0.3, 0.4) is 0 Å². The molecule has 0 atom stereocenters. The minimum Gasteiger partial charge on any atom is -0.322 e. The quantitative estimate of drug-likeness (QED) is 0.707. The van der Waals surface area contributed by atoms with Crippen molar-refractivity contribution in [2.24, 2.45) is 0 Å². The van der Waals surface area contributed by atoms with Crippen molar-refractivity contribution in [1.82, 2.24) is 19.7 Å². The second-order valence-corrected chi connectivity index (χ2v) is 6.46. The lowest BCUT2D eigenvalue weighted by atomic mass is 10.1. The molecule has 2 heterocycles. The summed E-state index contributed by atoms with van der Waals surface area (Å²) in [6.07, 6.45) is 5.75. The average Bonchev–Trinajstić information content (AvgIpc) is 3.06. The third-order valence-electron chi connectivity index (χ3n) is 3.84. The zero-order valence-electron chi connectivity index (χ0n) is 13.3. The fourth-order valence-electron chi connectivity index (χ4n) is 2.55. The summed E-state index contributed by atoms with van der Waals surface area (Å²) in [5, 5.41) is 5.26. The van der Waals surface area contributed by atoms with Crippen molar-refractivity contribution < 1.29 is 0 Å². The predicted molar refractivity (Wildman–Crippen MR) is 94.9 cm³/mol. The number of nitrogens with one attached hydrogen (secondary N) is 1. The van der Waals surface area contributed by atoms with Gasteiger partial charge in [-0.15, -0.1) is 11.8 Å². The SMILES string of the molecule is CSc1ccc2cc(CN(C)CCn3cccn3)c(=O)[nH]c2c1. The molecule has 5 nitrogen and oxygen atoms in total. The maximum atomic E-state index is 12.3. The molecule has 0 radical (unpaired) electrons. The standard InChI is InChI=1S/C17H20N4OS/c1-20(8-9-21-7-3-6-18-21)12-14-10-13-4-5-15(23-2)11-16(13)19-17(14)22/h3-7,10-11H,8-9,12H2,1-2H3,(H,19,22). The van der Waals surface area contributed by atoms with Crippen LogP contribution in [-0.2, 0) is 13.1 Å². The van der Waals surface area contributed by atoms with Gasteiger partial charge in [-0.05, 0) is 43.0 Å². The fourth-order valence-corrected chi connectivity index (χ4v) is 2.99. The Labute approximate surface area is 139 Å². The van der Waals surface area contributed by atoms with E-state index in [1.165, 1.54) is 0 Å². The number of fused-ring (bicyclic) bond motifs is 1. The topological polar surface area (TPSA) is 53.9 Å². The monoisotopic (exact) mass is 328 g/mol. The smallest absolute Gasteiger partial charge is 0.252 e. The number of hydrogen-bond donors (Lipinski definition) is 1. The number of thioether (sulfide) groups is 1. The molecule has 3 rings (SSSR count). The van der Waals surface area contributed by atoms with Gasteiger partial charge in [0.05, 0.1) is 6.54 Å². The second kappa shape index (κ2) is 7.02. The Kier molecular flexibility index (Phi) is 4.83. The largest absolute Gasteiger partial charge is 0.322 e. The number of pyridine rings is 1. The van der Waals surface area contributed by atoms with Crippen LogP contribution in [0.5, 0.6) is 0 Å². The van der Waals surface area contributed by atoms with E-state index in [9.17, 15) is 4.79 Å². The Bertz CT molecular complexity index is 841. The van der Waals surface area contributed by atoms with Gasteiger partial charge in [-0.2, -0.15) is 5.10 Å². The van der Waals surface area contributed by atoms with Gasteiger partial charge in [0.25, 0.3) is 5.56 Å². The molecule has 0 saturated carbocycles. The number of benzene rings is 1. The van der Waals surface area contributed by atoms with E-state index in [0.29, 0.717) is 6.54 Å². The second-order valence-electron chi connectivity index (χ2n) is 5.58. The van der Waals surface area contributed by atoms with Crippen molar-refractivity contribution in [1.29, 1.82) is 0 Å². The molecule has 0 amide bonds. The number of aromatic nitrogens is 3. The lowest BCUT2D eigenvalue weighted by Crippen LogP contribution is -2.26. The molecule has 0 spiro atoms. The van der Waals surface area contributed by atoms with Gasteiger partial charge in [0.15, 0.2) is 0 Å². The van der Waals surface area contributed by atoms with E-state index in [-0.39, 0.29) is 5.56 Å². The fraction of sp³-hybridized carbons (Fsp3) is 0.294. The van der Waals surface area contributed by atoms with Gasteiger partial charge in [-0.1, -0.05) is 6.07 Å². The minimum atomic E-state index is -0.0123. The molecule has 3 aromatic rings. The Morgan fingerprint density at radius 3 is 2.96 bits per heavy atom. The molecule has 1 aromatic carbocycles. The van der Waals surface area contributed by atoms with Gasteiger partial charge >= 0.3 is 0 Å². The van der Waals surface area contributed by atoms with Gasteiger partial charge in [-0.25, -0.2) is 0 Å². The summed E-state index contributed by atoms with van der Waals surface area (Å²) >= 11 is 1.67. The summed E-state index contributed by atoms with van der Waals surface area (Å²) in [6.45, 7) is 2.27. The molecule has 6 heteroatoms. The van der Waals surface area contributed by atoms with Crippen LogP contribution in [0.4, 0.5) is 0 Å². The first-order valence-electron chi connectivity index (χ1n) is 7.51. The Balaban J connectivity index is 1.74. The molecular weight excluding hydrogens is 308 g/mol. The number of hydrogen-bond acceptors (Lipinski definition) is 4.